The standard InChI is InChI=1S/C11H15F3N2O/c1-2-16(5-6-17)10-4-3-8(15)7-9(10)11(12,13)14/h3-4,7,17H,2,5-6,15H2,1H3. The first-order valence-electron chi connectivity index (χ1n) is 5.22. The first-order valence-corrected chi connectivity index (χ1v) is 5.22. The first kappa shape index (κ1) is 13.6. The quantitative estimate of drug-likeness (QED) is 0.802. The highest BCUT2D eigenvalue weighted by Gasteiger charge is 2.34. The molecular formula is C11H15F3N2O. The third-order valence-corrected chi connectivity index (χ3v) is 2.42. The SMILES string of the molecule is CCN(CCO)c1ccc(N)cc1C(F)(F)F. The van der Waals surface area contributed by atoms with Crippen LogP contribution in [0, 0.1) is 0 Å². The van der Waals surface area contributed by atoms with Crippen molar-refractivity contribution in [2.75, 3.05) is 30.3 Å². The van der Waals surface area contributed by atoms with Crippen LogP contribution in [0.3, 0.4) is 0 Å². The molecule has 96 valence electrons. The number of aliphatic hydroxyl groups excluding tert-OH is 1. The summed E-state index contributed by atoms with van der Waals surface area (Å²) in [5.41, 5.74) is 4.72. The molecule has 0 aliphatic carbocycles. The number of rotatable bonds is 4. The van der Waals surface area contributed by atoms with E-state index in [1.165, 1.54) is 17.0 Å². The van der Waals surface area contributed by atoms with Crippen molar-refractivity contribution in [1.82, 2.24) is 0 Å². The van der Waals surface area contributed by atoms with E-state index < -0.39 is 11.7 Å². The van der Waals surface area contributed by atoms with Crippen LogP contribution in [0.2, 0.25) is 0 Å². The van der Waals surface area contributed by atoms with Gasteiger partial charge in [0.25, 0.3) is 0 Å². The molecule has 0 saturated heterocycles. The van der Waals surface area contributed by atoms with E-state index in [0.717, 1.165) is 6.07 Å². The molecule has 0 fully saturated rings. The van der Waals surface area contributed by atoms with Crippen molar-refractivity contribution in [2.45, 2.75) is 13.1 Å². The number of aliphatic hydroxyl groups is 1. The average molecular weight is 248 g/mol. The molecule has 0 aromatic heterocycles. The fourth-order valence-electron chi connectivity index (χ4n) is 1.63. The topological polar surface area (TPSA) is 49.5 Å². The van der Waals surface area contributed by atoms with E-state index >= 15 is 0 Å². The van der Waals surface area contributed by atoms with E-state index in [9.17, 15) is 13.2 Å². The van der Waals surface area contributed by atoms with Gasteiger partial charge in [-0.2, -0.15) is 13.2 Å². The van der Waals surface area contributed by atoms with Crippen LogP contribution >= 0.6 is 0 Å². The minimum Gasteiger partial charge on any atom is -0.399 e. The molecule has 0 atom stereocenters. The molecule has 0 spiro atoms. The van der Waals surface area contributed by atoms with Gasteiger partial charge in [0, 0.05) is 24.5 Å². The molecule has 0 saturated carbocycles. The van der Waals surface area contributed by atoms with E-state index in [4.69, 9.17) is 10.8 Å². The zero-order chi connectivity index (χ0) is 13.1. The molecule has 0 aliphatic rings. The van der Waals surface area contributed by atoms with Crippen molar-refractivity contribution >= 4 is 11.4 Å². The summed E-state index contributed by atoms with van der Waals surface area (Å²) in [7, 11) is 0. The van der Waals surface area contributed by atoms with Crippen LogP contribution in [0.25, 0.3) is 0 Å². The number of halogens is 3. The van der Waals surface area contributed by atoms with Gasteiger partial charge in [-0.1, -0.05) is 0 Å². The van der Waals surface area contributed by atoms with E-state index in [1.807, 2.05) is 0 Å². The third-order valence-electron chi connectivity index (χ3n) is 2.42. The highest BCUT2D eigenvalue weighted by molar-refractivity contribution is 5.60. The predicted molar refractivity (Wildman–Crippen MR) is 60.8 cm³/mol. The van der Waals surface area contributed by atoms with Gasteiger partial charge in [-0.25, -0.2) is 0 Å². The first-order chi connectivity index (χ1) is 7.90. The fraction of sp³-hybridized carbons (Fsp3) is 0.455. The summed E-state index contributed by atoms with van der Waals surface area (Å²) in [5, 5.41) is 8.83. The third kappa shape index (κ3) is 3.26. The van der Waals surface area contributed by atoms with Gasteiger partial charge in [-0.15, -0.1) is 0 Å². The number of nitrogens with zero attached hydrogens (tertiary/aromatic N) is 1. The van der Waals surface area contributed by atoms with Crippen LogP contribution in [0.15, 0.2) is 18.2 Å². The average Bonchev–Trinajstić information content (AvgIpc) is 2.25. The lowest BCUT2D eigenvalue weighted by molar-refractivity contribution is -0.137. The Hall–Kier alpha value is -1.43. The van der Waals surface area contributed by atoms with Gasteiger partial charge in [-0.3, -0.25) is 0 Å². The molecule has 0 bridgehead atoms. The van der Waals surface area contributed by atoms with Crippen molar-refractivity contribution in [1.29, 1.82) is 0 Å². The summed E-state index contributed by atoms with van der Waals surface area (Å²) >= 11 is 0. The zero-order valence-corrected chi connectivity index (χ0v) is 9.46. The Morgan fingerprint density at radius 2 is 2.00 bits per heavy atom. The predicted octanol–water partition coefficient (Wildman–Crippen LogP) is 2.11. The summed E-state index contributed by atoms with van der Waals surface area (Å²) in [6, 6.07) is 3.66. The van der Waals surface area contributed by atoms with Gasteiger partial charge in [0.05, 0.1) is 12.2 Å². The Labute approximate surface area is 97.6 Å². The second kappa shape index (κ2) is 5.27. The van der Waals surface area contributed by atoms with Gasteiger partial charge < -0.3 is 15.7 Å². The summed E-state index contributed by atoms with van der Waals surface area (Å²) in [6.07, 6.45) is -4.45. The maximum Gasteiger partial charge on any atom is 0.418 e. The molecule has 6 heteroatoms. The highest BCUT2D eigenvalue weighted by atomic mass is 19.4. The minimum absolute atomic E-state index is 0.0447. The van der Waals surface area contributed by atoms with Crippen LogP contribution in [0.1, 0.15) is 12.5 Å². The largest absolute Gasteiger partial charge is 0.418 e. The number of benzene rings is 1. The minimum atomic E-state index is -4.45. The number of alkyl halides is 3. The van der Waals surface area contributed by atoms with Crippen LogP contribution in [-0.2, 0) is 6.18 Å². The Morgan fingerprint density at radius 3 is 2.47 bits per heavy atom. The van der Waals surface area contributed by atoms with Crippen LogP contribution in [0.4, 0.5) is 24.5 Å². The smallest absolute Gasteiger partial charge is 0.399 e. The highest BCUT2D eigenvalue weighted by Crippen LogP contribution is 2.37. The number of nitrogen functional groups attached to an aromatic ring is 1. The van der Waals surface area contributed by atoms with Crippen LogP contribution in [0.5, 0.6) is 0 Å². The van der Waals surface area contributed by atoms with Gasteiger partial charge in [0.2, 0.25) is 0 Å². The van der Waals surface area contributed by atoms with Gasteiger partial charge in [0.15, 0.2) is 0 Å². The number of hydrogen-bond donors (Lipinski definition) is 2. The van der Waals surface area contributed by atoms with Crippen LogP contribution < -0.4 is 10.6 Å². The van der Waals surface area contributed by atoms with Gasteiger partial charge in [-0.05, 0) is 25.1 Å². The van der Waals surface area contributed by atoms with E-state index in [-0.39, 0.29) is 24.5 Å². The summed E-state index contributed by atoms with van der Waals surface area (Å²) in [4.78, 5) is 1.46. The molecule has 1 aromatic carbocycles. The maximum absolute atomic E-state index is 12.8. The Bertz CT molecular complexity index is 379. The molecule has 3 N–H and O–H groups in total. The monoisotopic (exact) mass is 248 g/mol. The normalized spacial score (nSPS) is 11.6. The second-order valence-corrected chi connectivity index (χ2v) is 3.58. The molecule has 0 unspecified atom stereocenters. The van der Waals surface area contributed by atoms with Crippen LogP contribution in [-0.4, -0.2) is 24.8 Å². The Morgan fingerprint density at radius 1 is 1.35 bits per heavy atom. The maximum atomic E-state index is 12.8. The molecule has 1 aromatic rings. The van der Waals surface area contributed by atoms with Crippen molar-refractivity contribution < 1.29 is 18.3 Å². The zero-order valence-electron chi connectivity index (χ0n) is 9.46. The van der Waals surface area contributed by atoms with Gasteiger partial charge >= 0.3 is 6.18 Å². The van der Waals surface area contributed by atoms with E-state index in [1.54, 1.807) is 6.92 Å². The van der Waals surface area contributed by atoms with Crippen molar-refractivity contribution in [2.24, 2.45) is 0 Å². The lowest BCUT2D eigenvalue weighted by atomic mass is 10.1. The lowest BCUT2D eigenvalue weighted by Crippen LogP contribution is -2.28. The van der Waals surface area contributed by atoms with Gasteiger partial charge in [0.1, 0.15) is 0 Å². The summed E-state index contributed by atoms with van der Waals surface area (Å²) in [5.74, 6) is 0. The number of nitrogens with two attached hydrogens (primary N) is 1. The molecular weight excluding hydrogens is 233 g/mol. The number of likely N-dealkylation sites (N-methyl/N-ethyl adjacent to an activating group) is 1. The Kier molecular flexibility index (Phi) is 4.22. The summed E-state index contributed by atoms with van der Waals surface area (Å²) < 4.78 is 38.5. The van der Waals surface area contributed by atoms with E-state index in [2.05, 4.69) is 0 Å². The second-order valence-electron chi connectivity index (χ2n) is 3.58. The molecule has 0 heterocycles. The van der Waals surface area contributed by atoms with Crippen molar-refractivity contribution in [3.63, 3.8) is 0 Å². The van der Waals surface area contributed by atoms with E-state index in [0.29, 0.717) is 6.54 Å². The fourth-order valence-corrected chi connectivity index (χ4v) is 1.63. The molecule has 0 aliphatic heterocycles. The molecule has 0 radical (unpaired) electrons. The molecule has 17 heavy (non-hydrogen) atoms. The number of hydrogen-bond acceptors (Lipinski definition) is 3. The van der Waals surface area contributed by atoms with Crippen molar-refractivity contribution in [3.8, 4) is 0 Å². The molecule has 1 rings (SSSR count). The number of anilines is 2. The Balaban J connectivity index is 3.22. The van der Waals surface area contributed by atoms with Crippen molar-refractivity contribution in [3.05, 3.63) is 23.8 Å². The molecule has 0 amide bonds. The lowest BCUT2D eigenvalue weighted by Gasteiger charge is -2.25. The molecule has 3 nitrogen and oxygen atoms in total. The summed E-state index contributed by atoms with van der Waals surface area (Å²) in [6.45, 7) is 2.07.